The molecule has 1 aliphatic heterocycles. The summed E-state index contributed by atoms with van der Waals surface area (Å²) in [5.41, 5.74) is 0.960. The van der Waals surface area contributed by atoms with Crippen LogP contribution in [-0.4, -0.2) is 56.6 Å². The molecule has 2 aromatic heterocycles. The molecular formula is C17H24N6O2. The molecule has 0 aliphatic carbocycles. The number of ether oxygens (including phenoxy) is 1. The number of amides is 1. The van der Waals surface area contributed by atoms with E-state index in [1.165, 1.54) is 0 Å². The van der Waals surface area contributed by atoms with Gasteiger partial charge in [0.15, 0.2) is 0 Å². The molecule has 1 aliphatic rings. The second kappa shape index (κ2) is 7.08. The molecule has 3 heterocycles. The second-order valence-electron chi connectivity index (χ2n) is 6.64. The van der Waals surface area contributed by atoms with Crippen molar-refractivity contribution in [1.29, 1.82) is 0 Å². The zero-order valence-corrected chi connectivity index (χ0v) is 15.0. The average molecular weight is 344 g/mol. The van der Waals surface area contributed by atoms with Crippen LogP contribution < -0.4 is 10.1 Å². The Hall–Kier alpha value is -2.64. The van der Waals surface area contributed by atoms with Crippen LogP contribution in [-0.2, 0) is 11.8 Å². The predicted octanol–water partition coefficient (Wildman–Crippen LogP) is 1.28. The Morgan fingerprint density at radius 3 is 2.80 bits per heavy atom. The number of nitrogens with one attached hydrogen (secondary N) is 1. The summed E-state index contributed by atoms with van der Waals surface area (Å²) in [7, 11) is 3.51. The first-order chi connectivity index (χ1) is 12.0. The van der Waals surface area contributed by atoms with Crippen molar-refractivity contribution in [2.75, 3.05) is 25.5 Å². The van der Waals surface area contributed by atoms with Gasteiger partial charge in [0.05, 0.1) is 25.2 Å². The number of nitrogens with zero attached hydrogens (tertiary/aromatic N) is 5. The van der Waals surface area contributed by atoms with Crippen LogP contribution in [0.15, 0.2) is 24.8 Å². The number of methoxy groups -OCH3 is 1. The predicted molar refractivity (Wildman–Crippen MR) is 93.4 cm³/mol. The smallest absolute Gasteiger partial charge is 0.226 e. The van der Waals surface area contributed by atoms with Gasteiger partial charge < -0.3 is 19.5 Å². The van der Waals surface area contributed by atoms with Gasteiger partial charge in [0.2, 0.25) is 17.7 Å². The van der Waals surface area contributed by atoms with Crippen molar-refractivity contribution in [3.63, 3.8) is 0 Å². The summed E-state index contributed by atoms with van der Waals surface area (Å²) >= 11 is 0. The summed E-state index contributed by atoms with van der Waals surface area (Å²) < 4.78 is 7.07. The van der Waals surface area contributed by atoms with Crippen LogP contribution in [0.25, 0.3) is 0 Å². The SMILES string of the molecule is COc1ccnc(N[C@@H]2CN(C(=O)C(C)C)C[C@H]2c2cn(C)cn2)n1. The topological polar surface area (TPSA) is 85.2 Å². The van der Waals surface area contributed by atoms with E-state index in [0.29, 0.717) is 24.9 Å². The highest BCUT2D eigenvalue weighted by molar-refractivity contribution is 5.78. The second-order valence-corrected chi connectivity index (χ2v) is 6.64. The number of hydrogen-bond donors (Lipinski definition) is 1. The van der Waals surface area contributed by atoms with Gasteiger partial charge in [-0.2, -0.15) is 4.98 Å². The fraction of sp³-hybridized carbons (Fsp3) is 0.529. The Morgan fingerprint density at radius 2 is 2.16 bits per heavy atom. The number of aryl methyl sites for hydroxylation is 1. The molecule has 3 rings (SSSR count). The molecule has 1 N–H and O–H groups in total. The van der Waals surface area contributed by atoms with E-state index in [1.807, 2.05) is 36.6 Å². The molecule has 8 heteroatoms. The Balaban J connectivity index is 1.83. The van der Waals surface area contributed by atoms with Crippen LogP contribution >= 0.6 is 0 Å². The third kappa shape index (κ3) is 3.72. The normalized spacial score (nSPS) is 20.1. The molecule has 2 atom stereocenters. The van der Waals surface area contributed by atoms with Crippen LogP contribution in [0.4, 0.5) is 5.95 Å². The first kappa shape index (κ1) is 17.2. The van der Waals surface area contributed by atoms with E-state index >= 15 is 0 Å². The van der Waals surface area contributed by atoms with Gasteiger partial charge in [-0.1, -0.05) is 13.8 Å². The number of hydrogen-bond acceptors (Lipinski definition) is 6. The number of likely N-dealkylation sites (tertiary alicyclic amines) is 1. The highest BCUT2D eigenvalue weighted by atomic mass is 16.5. The highest BCUT2D eigenvalue weighted by Gasteiger charge is 2.38. The van der Waals surface area contributed by atoms with E-state index in [2.05, 4.69) is 20.3 Å². The van der Waals surface area contributed by atoms with Crippen molar-refractivity contribution < 1.29 is 9.53 Å². The van der Waals surface area contributed by atoms with Crippen molar-refractivity contribution in [3.05, 3.63) is 30.5 Å². The highest BCUT2D eigenvalue weighted by Crippen LogP contribution is 2.29. The minimum atomic E-state index is -0.0313. The lowest BCUT2D eigenvalue weighted by molar-refractivity contribution is -0.133. The lowest BCUT2D eigenvalue weighted by Gasteiger charge is -2.19. The van der Waals surface area contributed by atoms with Crippen LogP contribution in [0, 0.1) is 5.92 Å². The zero-order valence-electron chi connectivity index (χ0n) is 15.0. The molecule has 0 aromatic carbocycles. The number of carbonyl (C=O) groups excluding carboxylic acids is 1. The van der Waals surface area contributed by atoms with Gasteiger partial charge in [-0.25, -0.2) is 9.97 Å². The molecule has 134 valence electrons. The summed E-state index contributed by atoms with van der Waals surface area (Å²) in [6.07, 6.45) is 5.42. The molecule has 0 spiro atoms. The van der Waals surface area contributed by atoms with Crippen LogP contribution in [0.3, 0.4) is 0 Å². The summed E-state index contributed by atoms with van der Waals surface area (Å²) in [5.74, 6) is 1.19. The largest absolute Gasteiger partial charge is 0.481 e. The van der Waals surface area contributed by atoms with Crippen LogP contribution in [0.1, 0.15) is 25.5 Å². The summed E-state index contributed by atoms with van der Waals surface area (Å²) in [6, 6.07) is 1.69. The van der Waals surface area contributed by atoms with Gasteiger partial charge in [-0.3, -0.25) is 4.79 Å². The Kier molecular flexibility index (Phi) is 4.87. The monoisotopic (exact) mass is 344 g/mol. The average Bonchev–Trinajstić information content (AvgIpc) is 3.20. The Morgan fingerprint density at radius 1 is 1.36 bits per heavy atom. The quantitative estimate of drug-likeness (QED) is 0.879. The zero-order chi connectivity index (χ0) is 18.0. The third-order valence-corrected chi connectivity index (χ3v) is 4.38. The summed E-state index contributed by atoms with van der Waals surface area (Å²) in [4.78, 5) is 27.4. The standard InChI is InChI=1S/C17H24N6O2/c1-11(2)16(24)23-7-12(13-8-22(3)10-19-13)14(9-23)20-17-18-6-5-15(21-17)25-4/h5-6,8,10-12,14H,7,9H2,1-4H3,(H,18,20,21)/t12-,14+/m0/s1. The number of anilines is 1. The molecule has 0 saturated carbocycles. The lowest BCUT2D eigenvalue weighted by atomic mass is 10.0. The molecule has 2 aromatic rings. The maximum atomic E-state index is 12.4. The van der Waals surface area contributed by atoms with E-state index in [9.17, 15) is 4.79 Å². The number of aromatic nitrogens is 4. The van der Waals surface area contributed by atoms with E-state index in [-0.39, 0.29) is 23.8 Å². The van der Waals surface area contributed by atoms with Crippen LogP contribution in [0.2, 0.25) is 0 Å². The number of rotatable bonds is 5. The lowest BCUT2D eigenvalue weighted by Crippen LogP contribution is -2.34. The molecule has 1 saturated heterocycles. The molecule has 8 nitrogen and oxygen atoms in total. The maximum absolute atomic E-state index is 12.4. The molecule has 0 unspecified atom stereocenters. The molecule has 0 bridgehead atoms. The molecule has 1 fully saturated rings. The van der Waals surface area contributed by atoms with E-state index in [1.54, 1.807) is 25.7 Å². The van der Waals surface area contributed by atoms with E-state index < -0.39 is 0 Å². The molecular weight excluding hydrogens is 320 g/mol. The van der Waals surface area contributed by atoms with Crippen molar-refractivity contribution in [2.45, 2.75) is 25.8 Å². The Labute approximate surface area is 147 Å². The van der Waals surface area contributed by atoms with Gasteiger partial charge in [0.25, 0.3) is 0 Å². The molecule has 1 amide bonds. The summed E-state index contributed by atoms with van der Waals surface area (Å²) in [5, 5.41) is 3.35. The minimum Gasteiger partial charge on any atom is -0.481 e. The number of carbonyl (C=O) groups is 1. The van der Waals surface area contributed by atoms with Gasteiger partial charge >= 0.3 is 0 Å². The van der Waals surface area contributed by atoms with Crippen molar-refractivity contribution in [3.8, 4) is 5.88 Å². The van der Waals surface area contributed by atoms with E-state index in [0.717, 1.165) is 5.69 Å². The number of imidazole rings is 1. The fourth-order valence-corrected chi connectivity index (χ4v) is 3.11. The first-order valence-electron chi connectivity index (χ1n) is 8.38. The van der Waals surface area contributed by atoms with Crippen molar-refractivity contribution >= 4 is 11.9 Å². The van der Waals surface area contributed by atoms with Crippen molar-refractivity contribution in [1.82, 2.24) is 24.4 Å². The molecule has 25 heavy (non-hydrogen) atoms. The third-order valence-electron chi connectivity index (χ3n) is 4.38. The van der Waals surface area contributed by atoms with E-state index in [4.69, 9.17) is 4.74 Å². The van der Waals surface area contributed by atoms with Gasteiger partial charge in [0, 0.05) is 50.4 Å². The molecule has 0 radical (unpaired) electrons. The van der Waals surface area contributed by atoms with Crippen LogP contribution in [0.5, 0.6) is 5.88 Å². The maximum Gasteiger partial charge on any atom is 0.226 e. The van der Waals surface area contributed by atoms with Gasteiger partial charge in [-0.15, -0.1) is 0 Å². The van der Waals surface area contributed by atoms with Gasteiger partial charge in [-0.05, 0) is 0 Å². The van der Waals surface area contributed by atoms with Gasteiger partial charge in [0.1, 0.15) is 0 Å². The fourth-order valence-electron chi connectivity index (χ4n) is 3.11. The minimum absolute atomic E-state index is 0.00953. The van der Waals surface area contributed by atoms with Crippen molar-refractivity contribution in [2.24, 2.45) is 13.0 Å². The first-order valence-corrected chi connectivity index (χ1v) is 8.38. The Bertz CT molecular complexity index is 744. The summed E-state index contributed by atoms with van der Waals surface area (Å²) in [6.45, 7) is 5.07.